The molecule has 2 aromatic heterocycles. The Hall–Kier alpha value is -4.00. The minimum absolute atomic E-state index is 0.0102. The molecule has 1 aliphatic carbocycles. The van der Waals surface area contributed by atoms with E-state index in [2.05, 4.69) is 0 Å². The molecule has 226 valence electrons. The average molecular weight is 593 g/mol. The minimum atomic E-state index is -1.98. The number of hydrogen-bond acceptors (Lipinski definition) is 9. The molecule has 0 bridgehead atoms. The number of likely N-dealkylation sites (N-methyl/N-ethyl adjacent to an activating group) is 1. The van der Waals surface area contributed by atoms with Gasteiger partial charge in [0.2, 0.25) is 5.91 Å². The first-order valence-corrected chi connectivity index (χ1v) is 14.4. The van der Waals surface area contributed by atoms with Crippen molar-refractivity contribution in [2.75, 3.05) is 26.8 Å². The normalized spacial score (nSPS) is 20.0. The summed E-state index contributed by atoms with van der Waals surface area (Å²) in [5.41, 5.74) is 7.46. The van der Waals surface area contributed by atoms with Crippen LogP contribution >= 0.6 is 0 Å². The lowest BCUT2D eigenvalue weighted by molar-refractivity contribution is -0.172. The van der Waals surface area contributed by atoms with E-state index in [9.17, 15) is 24.3 Å². The van der Waals surface area contributed by atoms with Crippen molar-refractivity contribution >= 4 is 28.6 Å². The van der Waals surface area contributed by atoms with Crippen LogP contribution in [0.3, 0.4) is 0 Å². The molecule has 0 saturated heterocycles. The second kappa shape index (κ2) is 10.6. The van der Waals surface area contributed by atoms with E-state index in [0.717, 1.165) is 22.1 Å². The third-order valence-corrected chi connectivity index (χ3v) is 9.19. The molecule has 6 rings (SSSR count). The second-order valence-corrected chi connectivity index (χ2v) is 11.4. The van der Waals surface area contributed by atoms with Crippen LogP contribution in [-0.2, 0) is 49.0 Å². The van der Waals surface area contributed by atoms with Crippen LogP contribution in [0, 0.1) is 12.7 Å². The Balaban J connectivity index is 1.48. The van der Waals surface area contributed by atoms with Crippen molar-refractivity contribution in [3.8, 4) is 11.4 Å². The largest absolute Gasteiger partial charge is 0.458 e. The van der Waals surface area contributed by atoms with Gasteiger partial charge in [0.05, 0.1) is 48.2 Å². The third kappa shape index (κ3) is 4.38. The van der Waals surface area contributed by atoms with E-state index in [0.29, 0.717) is 35.3 Å². The number of amides is 1. The van der Waals surface area contributed by atoms with Crippen molar-refractivity contribution < 1.29 is 33.4 Å². The molecule has 1 aromatic carbocycles. The van der Waals surface area contributed by atoms with Crippen molar-refractivity contribution in [3.63, 3.8) is 0 Å². The number of Topliss-reactive ketones (excluding diaryl/α,β-unsaturated/α-hetero) is 1. The number of carbonyl (C=O) groups excluding carboxylic acids is 3. The number of aromatic nitrogens is 2. The molecule has 11 nitrogen and oxygen atoms in total. The van der Waals surface area contributed by atoms with Gasteiger partial charge in [-0.25, -0.2) is 14.2 Å². The maximum absolute atomic E-state index is 15.1. The number of ether oxygens (including phenoxy) is 2. The van der Waals surface area contributed by atoms with Crippen LogP contribution < -0.4 is 11.3 Å². The van der Waals surface area contributed by atoms with Crippen LogP contribution in [0.15, 0.2) is 16.9 Å². The molecule has 0 spiro atoms. The summed E-state index contributed by atoms with van der Waals surface area (Å²) in [5.74, 6) is -1.67. The fourth-order valence-electron chi connectivity index (χ4n) is 6.64. The molecule has 0 radical (unpaired) electrons. The van der Waals surface area contributed by atoms with Gasteiger partial charge in [-0.2, -0.15) is 0 Å². The van der Waals surface area contributed by atoms with E-state index in [1.54, 1.807) is 31.9 Å². The first kappa shape index (κ1) is 29.1. The molecule has 3 N–H and O–H groups in total. The molecule has 0 saturated carbocycles. The Kier molecular flexibility index (Phi) is 7.18. The molecule has 12 heteroatoms. The van der Waals surface area contributed by atoms with E-state index in [1.807, 2.05) is 0 Å². The number of ketones is 1. The zero-order valence-corrected chi connectivity index (χ0v) is 24.3. The predicted molar refractivity (Wildman–Crippen MR) is 153 cm³/mol. The molecule has 2 atom stereocenters. The Labute approximate surface area is 246 Å². The number of cyclic esters (lactones) is 1. The summed E-state index contributed by atoms with van der Waals surface area (Å²) < 4.78 is 27.3. The summed E-state index contributed by atoms with van der Waals surface area (Å²) in [7, 11) is 1.68. The van der Waals surface area contributed by atoms with Crippen LogP contribution in [-0.4, -0.2) is 64.0 Å². The smallest absolute Gasteiger partial charge is 0.343 e. The van der Waals surface area contributed by atoms with Gasteiger partial charge in [-0.3, -0.25) is 14.4 Å². The molecule has 2 aliphatic heterocycles. The fraction of sp³-hybridized carbons (Fsp3) is 0.452. The molecule has 0 unspecified atom stereocenters. The Morgan fingerprint density at radius 2 is 2.05 bits per heavy atom. The van der Waals surface area contributed by atoms with Crippen LogP contribution in [0.5, 0.6) is 0 Å². The van der Waals surface area contributed by atoms with Crippen molar-refractivity contribution in [2.24, 2.45) is 5.73 Å². The number of aliphatic hydroxyl groups is 1. The maximum Gasteiger partial charge on any atom is 0.343 e. The third-order valence-electron chi connectivity index (χ3n) is 9.19. The van der Waals surface area contributed by atoms with Gasteiger partial charge in [0.1, 0.15) is 24.8 Å². The van der Waals surface area contributed by atoms with Gasteiger partial charge in [-0.15, -0.1) is 0 Å². The van der Waals surface area contributed by atoms with Gasteiger partial charge in [-0.1, -0.05) is 6.92 Å². The van der Waals surface area contributed by atoms with Crippen LogP contribution in [0.4, 0.5) is 4.39 Å². The molecular weight excluding hydrogens is 559 g/mol. The summed E-state index contributed by atoms with van der Waals surface area (Å²) in [6, 6.07) is 2.57. The van der Waals surface area contributed by atoms with E-state index in [-0.39, 0.29) is 68.6 Å². The first-order valence-electron chi connectivity index (χ1n) is 14.4. The predicted octanol–water partition coefficient (Wildman–Crippen LogP) is 1.91. The lowest BCUT2D eigenvalue weighted by Crippen LogP contribution is -2.44. The zero-order valence-electron chi connectivity index (χ0n) is 24.3. The van der Waals surface area contributed by atoms with Gasteiger partial charge in [0.25, 0.3) is 5.56 Å². The van der Waals surface area contributed by atoms with Crippen molar-refractivity contribution in [2.45, 2.75) is 64.3 Å². The van der Waals surface area contributed by atoms with Crippen molar-refractivity contribution in [1.29, 1.82) is 0 Å². The number of rotatable bonds is 8. The molecule has 3 aromatic rings. The SMILES string of the molecule is CC[C@@]1(O)C(=O)OCc2c1cc1n(c2=O)Cc2c-1nc1cc(F)c(C)c3c1c2[C@@H](N(C)C(=O)COCCC(=O)CN)CC3. The number of benzene rings is 1. The number of nitrogens with zero attached hydrogens (tertiary/aromatic N) is 3. The molecule has 43 heavy (non-hydrogen) atoms. The molecule has 1 amide bonds. The highest BCUT2D eigenvalue weighted by Gasteiger charge is 2.46. The summed E-state index contributed by atoms with van der Waals surface area (Å²) in [6.45, 7) is 3.02. The van der Waals surface area contributed by atoms with Crippen LogP contribution in [0.1, 0.15) is 65.6 Å². The fourth-order valence-corrected chi connectivity index (χ4v) is 6.64. The van der Waals surface area contributed by atoms with E-state index in [1.165, 1.54) is 10.6 Å². The quantitative estimate of drug-likeness (QED) is 0.231. The number of pyridine rings is 2. The highest BCUT2D eigenvalue weighted by atomic mass is 19.1. The molecular formula is C31H33FN4O7. The molecule has 0 fully saturated rings. The monoisotopic (exact) mass is 592 g/mol. The van der Waals surface area contributed by atoms with E-state index < -0.39 is 29.0 Å². The number of halogens is 1. The van der Waals surface area contributed by atoms with Gasteiger partial charge >= 0.3 is 5.97 Å². The number of hydrogen-bond donors (Lipinski definition) is 2. The summed E-state index contributed by atoms with van der Waals surface area (Å²) >= 11 is 0. The Morgan fingerprint density at radius 3 is 2.77 bits per heavy atom. The lowest BCUT2D eigenvalue weighted by atomic mass is 9.81. The van der Waals surface area contributed by atoms with Crippen LogP contribution in [0.2, 0.25) is 0 Å². The topological polar surface area (TPSA) is 154 Å². The first-order chi connectivity index (χ1) is 20.5. The molecule has 3 aliphatic rings. The summed E-state index contributed by atoms with van der Waals surface area (Å²) in [4.78, 5) is 57.6. The van der Waals surface area contributed by atoms with E-state index >= 15 is 4.39 Å². The average Bonchev–Trinajstić information content (AvgIpc) is 3.38. The number of nitrogens with two attached hydrogens (primary N) is 1. The standard InChI is InChI=1S/C31H33FN4O7/c1-4-31(41)20-9-24-28-18(12-36(24)29(39)19(20)13-43-30(31)40)27-23(35(3)25(38)14-42-8-7-16(37)11-33)6-5-17-15(2)21(32)10-22(34-28)26(17)27/h9-10,23,41H,4-8,11-14,33H2,1-3H3/t23-,31-/m0/s1. The number of carbonyl (C=O) groups is 3. The van der Waals surface area contributed by atoms with Gasteiger partial charge in [-0.05, 0) is 48.9 Å². The van der Waals surface area contributed by atoms with Gasteiger partial charge in [0.15, 0.2) is 5.60 Å². The Bertz CT molecular complexity index is 1780. The number of fused-ring (bicyclic) bond motifs is 5. The summed E-state index contributed by atoms with van der Waals surface area (Å²) in [5, 5.41) is 12.0. The number of aryl methyl sites for hydroxylation is 1. The highest BCUT2D eigenvalue weighted by Crippen LogP contribution is 2.47. The Morgan fingerprint density at radius 1 is 1.28 bits per heavy atom. The number of esters is 1. The highest BCUT2D eigenvalue weighted by molar-refractivity contribution is 5.94. The van der Waals surface area contributed by atoms with Crippen molar-refractivity contribution in [3.05, 3.63) is 61.7 Å². The minimum Gasteiger partial charge on any atom is -0.458 e. The van der Waals surface area contributed by atoms with E-state index in [4.69, 9.17) is 20.2 Å². The second-order valence-electron chi connectivity index (χ2n) is 11.4. The van der Waals surface area contributed by atoms with Gasteiger partial charge in [0, 0.05) is 36.0 Å². The van der Waals surface area contributed by atoms with Crippen LogP contribution in [0.25, 0.3) is 22.3 Å². The lowest BCUT2D eigenvalue weighted by Gasteiger charge is -2.35. The summed E-state index contributed by atoms with van der Waals surface area (Å²) in [6.07, 6.45) is 1.16. The maximum atomic E-state index is 15.1. The molecule has 4 heterocycles. The zero-order chi connectivity index (χ0) is 30.8. The van der Waals surface area contributed by atoms with Gasteiger partial charge < -0.3 is 29.8 Å². The van der Waals surface area contributed by atoms with Crippen molar-refractivity contribution in [1.82, 2.24) is 14.5 Å².